The molecule has 0 radical (unpaired) electrons. The topological polar surface area (TPSA) is 78.4 Å². The monoisotopic (exact) mass is 224 g/mol. The minimum absolute atomic E-state index is 0.122. The van der Waals surface area contributed by atoms with E-state index in [1.54, 1.807) is 12.1 Å². The number of nitro benzene ring substituents is 1. The summed E-state index contributed by atoms with van der Waals surface area (Å²) in [6.07, 6.45) is 2.42. The van der Waals surface area contributed by atoms with Crippen LogP contribution >= 0.6 is 0 Å². The first-order chi connectivity index (χ1) is 7.69. The van der Waals surface area contributed by atoms with Gasteiger partial charge >= 0.3 is 0 Å². The maximum absolute atomic E-state index is 10.8. The highest BCUT2D eigenvalue weighted by atomic mass is 16.6. The van der Waals surface area contributed by atoms with Crippen LogP contribution in [0.1, 0.15) is 18.4 Å². The first-order valence-corrected chi connectivity index (χ1v) is 5.20. The summed E-state index contributed by atoms with van der Waals surface area (Å²) < 4.78 is 4.96. The number of nitrogens with two attached hydrogens (primary N) is 1. The number of hydrogen-bond acceptors (Lipinski definition) is 4. The van der Waals surface area contributed by atoms with E-state index in [0.29, 0.717) is 18.7 Å². The van der Waals surface area contributed by atoms with Gasteiger partial charge in [-0.25, -0.2) is 0 Å². The number of nitrogens with zero attached hydrogens (tertiary/aromatic N) is 1. The predicted molar refractivity (Wildman–Crippen MR) is 61.6 cm³/mol. The van der Waals surface area contributed by atoms with Crippen LogP contribution in [-0.4, -0.2) is 18.6 Å². The van der Waals surface area contributed by atoms with Crippen molar-refractivity contribution in [3.63, 3.8) is 0 Å². The zero-order valence-electron chi connectivity index (χ0n) is 9.31. The van der Waals surface area contributed by atoms with E-state index in [1.165, 1.54) is 13.2 Å². The van der Waals surface area contributed by atoms with Gasteiger partial charge in [-0.2, -0.15) is 0 Å². The maximum atomic E-state index is 10.8. The van der Waals surface area contributed by atoms with E-state index >= 15 is 0 Å². The molecular weight excluding hydrogens is 208 g/mol. The molecule has 0 aromatic heterocycles. The van der Waals surface area contributed by atoms with Crippen LogP contribution in [0, 0.1) is 10.1 Å². The molecule has 0 saturated carbocycles. The quantitative estimate of drug-likeness (QED) is 0.454. The molecule has 0 saturated heterocycles. The number of hydrogen-bond donors (Lipinski definition) is 1. The Morgan fingerprint density at radius 3 is 2.75 bits per heavy atom. The lowest BCUT2D eigenvalue weighted by Gasteiger charge is -2.04. The largest absolute Gasteiger partial charge is 0.497 e. The van der Waals surface area contributed by atoms with Gasteiger partial charge in [-0.15, -0.1) is 0 Å². The third-order valence-corrected chi connectivity index (χ3v) is 2.39. The molecule has 0 fully saturated rings. The number of rotatable bonds is 6. The fourth-order valence-corrected chi connectivity index (χ4v) is 1.51. The molecule has 5 heteroatoms. The summed E-state index contributed by atoms with van der Waals surface area (Å²) in [5.74, 6) is 0.509. The van der Waals surface area contributed by atoms with E-state index < -0.39 is 0 Å². The van der Waals surface area contributed by atoms with Crippen LogP contribution in [0.2, 0.25) is 0 Å². The van der Waals surface area contributed by atoms with Gasteiger partial charge in [-0.05, 0) is 37.9 Å². The number of aryl methyl sites for hydroxylation is 1. The molecule has 0 unspecified atom stereocenters. The molecule has 1 aromatic rings. The van der Waals surface area contributed by atoms with Crippen molar-refractivity contribution in [1.82, 2.24) is 0 Å². The van der Waals surface area contributed by atoms with Crippen LogP contribution in [0.3, 0.4) is 0 Å². The summed E-state index contributed by atoms with van der Waals surface area (Å²) in [6, 6.07) is 4.94. The van der Waals surface area contributed by atoms with Gasteiger partial charge in [0.15, 0.2) is 0 Å². The number of nitro groups is 1. The first kappa shape index (κ1) is 12.4. The van der Waals surface area contributed by atoms with E-state index in [1.807, 2.05) is 0 Å². The van der Waals surface area contributed by atoms with Crippen molar-refractivity contribution in [1.29, 1.82) is 0 Å². The normalized spacial score (nSPS) is 10.1. The Morgan fingerprint density at radius 2 is 2.19 bits per heavy atom. The molecule has 5 nitrogen and oxygen atoms in total. The van der Waals surface area contributed by atoms with Crippen molar-refractivity contribution < 1.29 is 9.66 Å². The standard InChI is InChI=1S/C11H16N2O3/c1-16-10-6-5-9(4-2-3-7-12)11(8-10)13(14)15/h5-6,8H,2-4,7,12H2,1H3. The van der Waals surface area contributed by atoms with Gasteiger partial charge < -0.3 is 10.5 Å². The van der Waals surface area contributed by atoms with Crippen LogP contribution in [0.15, 0.2) is 18.2 Å². The summed E-state index contributed by atoms with van der Waals surface area (Å²) >= 11 is 0. The number of methoxy groups -OCH3 is 1. The second-order valence-corrected chi connectivity index (χ2v) is 3.50. The molecule has 0 bridgehead atoms. The van der Waals surface area contributed by atoms with Crippen molar-refractivity contribution in [2.24, 2.45) is 5.73 Å². The van der Waals surface area contributed by atoms with Gasteiger partial charge in [0.2, 0.25) is 0 Å². The molecular formula is C11H16N2O3. The van der Waals surface area contributed by atoms with Crippen molar-refractivity contribution >= 4 is 5.69 Å². The van der Waals surface area contributed by atoms with Crippen LogP contribution in [0.25, 0.3) is 0 Å². The number of benzene rings is 1. The molecule has 0 amide bonds. The van der Waals surface area contributed by atoms with Gasteiger partial charge in [-0.1, -0.05) is 0 Å². The summed E-state index contributed by atoms with van der Waals surface area (Å²) in [6.45, 7) is 0.615. The third-order valence-electron chi connectivity index (χ3n) is 2.39. The zero-order valence-corrected chi connectivity index (χ0v) is 9.31. The summed E-state index contributed by atoms with van der Waals surface area (Å²) in [5, 5.41) is 10.8. The van der Waals surface area contributed by atoms with Crippen LogP contribution in [-0.2, 0) is 6.42 Å². The van der Waals surface area contributed by atoms with Crippen molar-refractivity contribution in [3.8, 4) is 5.75 Å². The molecule has 1 rings (SSSR count). The smallest absolute Gasteiger partial charge is 0.276 e. The van der Waals surface area contributed by atoms with E-state index in [4.69, 9.17) is 10.5 Å². The highest BCUT2D eigenvalue weighted by Gasteiger charge is 2.14. The fraction of sp³-hybridized carbons (Fsp3) is 0.455. The highest BCUT2D eigenvalue weighted by Crippen LogP contribution is 2.25. The van der Waals surface area contributed by atoms with E-state index in [2.05, 4.69) is 0 Å². The van der Waals surface area contributed by atoms with Crippen molar-refractivity contribution in [2.45, 2.75) is 19.3 Å². The molecule has 0 aliphatic carbocycles. The van der Waals surface area contributed by atoms with Gasteiger partial charge in [0.25, 0.3) is 5.69 Å². The average Bonchev–Trinajstić information content (AvgIpc) is 2.29. The van der Waals surface area contributed by atoms with Gasteiger partial charge in [-0.3, -0.25) is 10.1 Å². The predicted octanol–water partition coefficient (Wildman–Crippen LogP) is 1.88. The van der Waals surface area contributed by atoms with Crippen LogP contribution < -0.4 is 10.5 Å². The molecule has 0 heterocycles. The summed E-state index contributed by atoms with van der Waals surface area (Å²) in [7, 11) is 1.49. The van der Waals surface area contributed by atoms with E-state index in [9.17, 15) is 10.1 Å². The Kier molecular flexibility index (Phi) is 4.72. The second-order valence-electron chi connectivity index (χ2n) is 3.50. The lowest BCUT2D eigenvalue weighted by Crippen LogP contribution is -2.01. The van der Waals surface area contributed by atoms with E-state index in [0.717, 1.165) is 18.4 Å². The molecule has 88 valence electrons. The first-order valence-electron chi connectivity index (χ1n) is 5.20. The van der Waals surface area contributed by atoms with E-state index in [-0.39, 0.29) is 10.6 Å². The molecule has 2 N–H and O–H groups in total. The second kappa shape index (κ2) is 6.07. The Hall–Kier alpha value is -1.62. The number of unbranched alkanes of at least 4 members (excludes halogenated alkanes) is 1. The van der Waals surface area contributed by atoms with Gasteiger partial charge in [0.1, 0.15) is 5.75 Å². The Labute approximate surface area is 94.4 Å². The fourth-order valence-electron chi connectivity index (χ4n) is 1.51. The summed E-state index contributed by atoms with van der Waals surface area (Å²) in [4.78, 5) is 10.5. The molecule has 0 spiro atoms. The minimum atomic E-state index is -0.375. The lowest BCUT2D eigenvalue weighted by atomic mass is 10.1. The SMILES string of the molecule is COc1ccc(CCCCN)c([N+](=O)[O-])c1. The molecule has 16 heavy (non-hydrogen) atoms. The Bertz CT molecular complexity index is 366. The average molecular weight is 224 g/mol. The molecule has 0 aliphatic heterocycles. The third kappa shape index (κ3) is 3.20. The molecule has 0 atom stereocenters. The lowest BCUT2D eigenvalue weighted by molar-refractivity contribution is -0.385. The zero-order chi connectivity index (χ0) is 12.0. The van der Waals surface area contributed by atoms with Crippen molar-refractivity contribution in [2.75, 3.05) is 13.7 Å². The molecule has 0 aliphatic rings. The highest BCUT2D eigenvalue weighted by molar-refractivity contribution is 5.46. The Balaban J connectivity index is 2.85. The minimum Gasteiger partial charge on any atom is -0.497 e. The molecule has 1 aromatic carbocycles. The van der Waals surface area contributed by atoms with Crippen LogP contribution in [0.4, 0.5) is 5.69 Å². The Morgan fingerprint density at radius 1 is 1.44 bits per heavy atom. The number of ether oxygens (including phenoxy) is 1. The summed E-state index contributed by atoms with van der Waals surface area (Å²) in [5.41, 5.74) is 6.24. The van der Waals surface area contributed by atoms with Crippen LogP contribution in [0.5, 0.6) is 5.75 Å². The van der Waals surface area contributed by atoms with Gasteiger partial charge in [0, 0.05) is 5.56 Å². The van der Waals surface area contributed by atoms with Gasteiger partial charge in [0.05, 0.1) is 18.1 Å². The van der Waals surface area contributed by atoms with Crippen molar-refractivity contribution in [3.05, 3.63) is 33.9 Å². The maximum Gasteiger partial charge on any atom is 0.276 e.